The highest BCUT2D eigenvalue weighted by Gasteiger charge is 2.31. The highest BCUT2D eigenvalue weighted by molar-refractivity contribution is 6.20. The average molecular weight is 245 g/mol. The zero-order chi connectivity index (χ0) is 11.7. The quantitative estimate of drug-likeness (QED) is 0.686. The molecule has 0 spiro atoms. The Morgan fingerprint density at radius 2 is 1.81 bits per heavy atom. The van der Waals surface area contributed by atoms with Crippen molar-refractivity contribution in [2.24, 2.45) is 11.8 Å². The van der Waals surface area contributed by atoms with Crippen molar-refractivity contribution >= 4 is 11.6 Å². The highest BCUT2D eigenvalue weighted by atomic mass is 35.5. The van der Waals surface area contributed by atoms with Crippen molar-refractivity contribution in [2.45, 2.75) is 31.6 Å². The number of halogens is 3. The first-order valence-electron chi connectivity index (χ1n) is 5.65. The van der Waals surface area contributed by atoms with Crippen molar-refractivity contribution in [3.05, 3.63) is 35.4 Å². The summed E-state index contributed by atoms with van der Waals surface area (Å²) < 4.78 is 26.0. The van der Waals surface area contributed by atoms with Gasteiger partial charge in [-0.15, -0.1) is 11.6 Å². The summed E-state index contributed by atoms with van der Waals surface area (Å²) in [6, 6.07) is 3.74. The monoisotopic (exact) mass is 244 g/mol. The van der Waals surface area contributed by atoms with Crippen LogP contribution in [0.5, 0.6) is 0 Å². The largest absolute Gasteiger partial charge is 0.207 e. The van der Waals surface area contributed by atoms with E-state index in [1.165, 1.54) is 12.1 Å². The molecule has 3 atom stereocenters. The van der Waals surface area contributed by atoms with E-state index in [1.807, 2.05) is 0 Å². The standard InChI is InChI=1S/C13H15ClF2/c1-8-10(2-3-13(8)14)4-9-5-11(15)7-12(16)6-9/h5-8,10,13H,2-4H2,1H3. The molecule has 88 valence electrons. The molecule has 1 fully saturated rings. The van der Waals surface area contributed by atoms with Gasteiger partial charge in [-0.1, -0.05) is 6.92 Å². The van der Waals surface area contributed by atoms with Gasteiger partial charge in [0.1, 0.15) is 11.6 Å². The lowest BCUT2D eigenvalue weighted by molar-refractivity contribution is 0.418. The number of hydrogen-bond acceptors (Lipinski definition) is 0. The fourth-order valence-electron chi connectivity index (χ4n) is 2.51. The van der Waals surface area contributed by atoms with Gasteiger partial charge in [-0.3, -0.25) is 0 Å². The van der Waals surface area contributed by atoms with E-state index in [0.717, 1.165) is 30.9 Å². The predicted molar refractivity (Wildman–Crippen MR) is 61.6 cm³/mol. The maximum atomic E-state index is 13.0. The predicted octanol–water partition coefficient (Wildman–Crippen LogP) is 4.16. The van der Waals surface area contributed by atoms with Gasteiger partial charge in [0.2, 0.25) is 0 Å². The Labute approximate surface area is 99.6 Å². The van der Waals surface area contributed by atoms with Gasteiger partial charge in [-0.25, -0.2) is 8.78 Å². The molecule has 2 rings (SSSR count). The van der Waals surface area contributed by atoms with Gasteiger partial charge in [-0.2, -0.15) is 0 Å². The van der Waals surface area contributed by atoms with Crippen LogP contribution in [-0.2, 0) is 6.42 Å². The first-order chi connectivity index (χ1) is 7.56. The Balaban J connectivity index is 2.09. The van der Waals surface area contributed by atoms with E-state index in [4.69, 9.17) is 11.6 Å². The summed E-state index contributed by atoms with van der Waals surface area (Å²) in [5.74, 6) is -0.122. The Kier molecular flexibility index (Phi) is 3.48. The van der Waals surface area contributed by atoms with Crippen LogP contribution < -0.4 is 0 Å². The van der Waals surface area contributed by atoms with Crippen molar-refractivity contribution in [2.75, 3.05) is 0 Å². The smallest absolute Gasteiger partial charge is 0.126 e. The molecule has 0 amide bonds. The van der Waals surface area contributed by atoms with Gasteiger partial charge >= 0.3 is 0 Å². The van der Waals surface area contributed by atoms with Crippen molar-refractivity contribution in [1.29, 1.82) is 0 Å². The Morgan fingerprint density at radius 1 is 1.19 bits per heavy atom. The molecule has 16 heavy (non-hydrogen) atoms. The minimum atomic E-state index is -0.497. The van der Waals surface area contributed by atoms with Crippen LogP contribution in [0.4, 0.5) is 8.78 Å². The fraction of sp³-hybridized carbons (Fsp3) is 0.538. The normalized spacial score (nSPS) is 29.6. The van der Waals surface area contributed by atoms with Gasteiger partial charge in [0.05, 0.1) is 0 Å². The van der Waals surface area contributed by atoms with Crippen LogP contribution in [0.15, 0.2) is 18.2 Å². The molecule has 1 saturated carbocycles. The van der Waals surface area contributed by atoms with Gasteiger partial charge in [0.25, 0.3) is 0 Å². The first-order valence-corrected chi connectivity index (χ1v) is 6.09. The number of rotatable bonds is 2. The molecule has 1 aliphatic rings. The zero-order valence-electron chi connectivity index (χ0n) is 9.22. The molecule has 1 aromatic rings. The molecule has 3 unspecified atom stereocenters. The molecule has 0 radical (unpaired) electrons. The van der Waals surface area contributed by atoms with Crippen LogP contribution in [0.2, 0.25) is 0 Å². The lowest BCUT2D eigenvalue weighted by Gasteiger charge is -2.17. The SMILES string of the molecule is CC1C(Cl)CCC1Cc1cc(F)cc(F)c1. The van der Waals surface area contributed by atoms with Gasteiger partial charge in [0.15, 0.2) is 0 Å². The van der Waals surface area contributed by atoms with E-state index in [1.54, 1.807) is 0 Å². The third kappa shape index (κ3) is 2.54. The summed E-state index contributed by atoms with van der Waals surface area (Å²) in [4.78, 5) is 0. The summed E-state index contributed by atoms with van der Waals surface area (Å²) in [7, 11) is 0. The molecular formula is C13H15ClF2. The summed E-state index contributed by atoms with van der Waals surface area (Å²) >= 11 is 6.14. The molecular weight excluding hydrogens is 230 g/mol. The molecule has 0 aliphatic heterocycles. The zero-order valence-corrected chi connectivity index (χ0v) is 9.98. The van der Waals surface area contributed by atoms with Gasteiger partial charge in [0, 0.05) is 11.4 Å². The maximum Gasteiger partial charge on any atom is 0.126 e. The second-order valence-corrected chi connectivity index (χ2v) is 5.25. The summed E-state index contributed by atoms with van der Waals surface area (Å²) in [5, 5.41) is 0.211. The Hall–Kier alpha value is -0.630. The fourth-order valence-corrected chi connectivity index (χ4v) is 2.85. The van der Waals surface area contributed by atoms with Crippen LogP contribution in [-0.4, -0.2) is 5.38 Å². The topological polar surface area (TPSA) is 0 Å². The third-order valence-corrected chi connectivity index (χ3v) is 4.16. The molecule has 0 nitrogen and oxygen atoms in total. The van der Waals surface area contributed by atoms with Gasteiger partial charge in [-0.05, 0) is 48.8 Å². The maximum absolute atomic E-state index is 13.0. The van der Waals surface area contributed by atoms with E-state index in [0.29, 0.717) is 11.8 Å². The number of benzene rings is 1. The van der Waals surface area contributed by atoms with Crippen molar-refractivity contribution in [3.8, 4) is 0 Å². The lowest BCUT2D eigenvalue weighted by atomic mass is 9.91. The summed E-state index contributed by atoms with van der Waals surface area (Å²) in [6.45, 7) is 2.12. The molecule has 0 saturated heterocycles. The average Bonchev–Trinajstić information content (AvgIpc) is 2.48. The van der Waals surface area contributed by atoms with Crippen LogP contribution >= 0.6 is 11.6 Å². The van der Waals surface area contributed by atoms with Crippen LogP contribution in [0.3, 0.4) is 0 Å². The third-order valence-electron chi connectivity index (χ3n) is 3.55. The van der Waals surface area contributed by atoms with E-state index >= 15 is 0 Å². The highest BCUT2D eigenvalue weighted by Crippen LogP contribution is 2.37. The molecule has 3 heteroatoms. The Bertz CT molecular complexity index is 358. The van der Waals surface area contributed by atoms with Crippen molar-refractivity contribution < 1.29 is 8.78 Å². The molecule has 1 aromatic carbocycles. The lowest BCUT2D eigenvalue weighted by Crippen LogP contribution is -2.13. The second-order valence-electron chi connectivity index (χ2n) is 4.69. The second kappa shape index (κ2) is 4.70. The van der Waals surface area contributed by atoms with E-state index in [9.17, 15) is 8.78 Å². The van der Waals surface area contributed by atoms with E-state index in [-0.39, 0.29) is 5.38 Å². The molecule has 1 aliphatic carbocycles. The van der Waals surface area contributed by atoms with Crippen LogP contribution in [0, 0.1) is 23.5 Å². The minimum absolute atomic E-state index is 0.211. The van der Waals surface area contributed by atoms with Crippen molar-refractivity contribution in [3.63, 3.8) is 0 Å². The number of hydrogen-bond donors (Lipinski definition) is 0. The summed E-state index contributed by atoms with van der Waals surface area (Å²) in [6.07, 6.45) is 2.78. The minimum Gasteiger partial charge on any atom is -0.207 e. The molecule has 0 aromatic heterocycles. The van der Waals surface area contributed by atoms with Crippen LogP contribution in [0.25, 0.3) is 0 Å². The first kappa shape index (κ1) is 11.8. The van der Waals surface area contributed by atoms with E-state index in [2.05, 4.69) is 6.92 Å². The van der Waals surface area contributed by atoms with Crippen molar-refractivity contribution in [1.82, 2.24) is 0 Å². The Morgan fingerprint density at radius 3 is 2.31 bits per heavy atom. The molecule has 0 N–H and O–H groups in total. The van der Waals surface area contributed by atoms with Gasteiger partial charge < -0.3 is 0 Å². The van der Waals surface area contributed by atoms with E-state index < -0.39 is 11.6 Å². The van der Waals surface area contributed by atoms with Crippen LogP contribution in [0.1, 0.15) is 25.3 Å². The molecule has 0 bridgehead atoms. The molecule has 0 heterocycles. The number of alkyl halides is 1. The summed E-state index contributed by atoms with van der Waals surface area (Å²) in [5.41, 5.74) is 0.736.